The molecule has 0 heterocycles. The highest BCUT2D eigenvalue weighted by molar-refractivity contribution is 6.30. The normalized spacial score (nSPS) is 17.3. The minimum Gasteiger partial charge on any atom is -0.211 e. The van der Waals surface area contributed by atoms with Gasteiger partial charge in [-0.05, 0) is 36.6 Å². The van der Waals surface area contributed by atoms with Gasteiger partial charge in [-0.2, -0.15) is 4.99 Å². The van der Waals surface area contributed by atoms with Crippen LogP contribution in [0.4, 0.5) is 4.39 Å². The van der Waals surface area contributed by atoms with E-state index in [2.05, 4.69) is 4.99 Å². The third kappa shape index (κ3) is 1.57. The summed E-state index contributed by atoms with van der Waals surface area (Å²) in [4.78, 5) is 13.9. The summed E-state index contributed by atoms with van der Waals surface area (Å²) in [6.45, 7) is 0. The van der Waals surface area contributed by atoms with Gasteiger partial charge in [0.25, 0.3) is 0 Å². The Bertz CT molecular complexity index is 402. The van der Waals surface area contributed by atoms with Crippen molar-refractivity contribution in [1.82, 2.24) is 0 Å². The fourth-order valence-corrected chi connectivity index (χ4v) is 1.72. The molecular weight excluding hydrogens is 205 g/mol. The summed E-state index contributed by atoms with van der Waals surface area (Å²) in [5.41, 5.74) is 0.110. The molecule has 0 N–H and O–H groups in total. The van der Waals surface area contributed by atoms with E-state index in [1.165, 1.54) is 18.2 Å². The first-order valence-electron chi connectivity index (χ1n) is 4.22. The third-order valence-corrected chi connectivity index (χ3v) is 2.60. The second-order valence-electron chi connectivity index (χ2n) is 3.39. The fourth-order valence-electron chi connectivity index (χ4n) is 1.49. The molecule has 1 aliphatic rings. The predicted octanol–water partition coefficient (Wildman–Crippen LogP) is 2.80. The molecule has 72 valence electrons. The molecule has 1 aromatic carbocycles. The fraction of sp³-hybridized carbons (Fsp3) is 0.300. The van der Waals surface area contributed by atoms with Crippen molar-refractivity contribution in [1.29, 1.82) is 0 Å². The van der Waals surface area contributed by atoms with E-state index in [1.807, 2.05) is 0 Å². The van der Waals surface area contributed by atoms with Crippen LogP contribution in [0.15, 0.2) is 23.2 Å². The number of isocyanates is 1. The van der Waals surface area contributed by atoms with Gasteiger partial charge in [-0.1, -0.05) is 11.6 Å². The maximum atomic E-state index is 13.0. The highest BCUT2D eigenvalue weighted by atomic mass is 35.5. The van der Waals surface area contributed by atoms with Crippen molar-refractivity contribution in [2.24, 2.45) is 4.99 Å². The topological polar surface area (TPSA) is 29.4 Å². The molecule has 0 unspecified atom stereocenters. The van der Waals surface area contributed by atoms with Gasteiger partial charge < -0.3 is 0 Å². The van der Waals surface area contributed by atoms with Crippen LogP contribution in [0.1, 0.15) is 18.4 Å². The van der Waals surface area contributed by atoms with E-state index in [1.54, 1.807) is 6.07 Å². The lowest BCUT2D eigenvalue weighted by molar-refractivity contribution is 0.555. The average Bonchev–Trinajstić information content (AvgIpc) is 2.84. The van der Waals surface area contributed by atoms with Crippen molar-refractivity contribution < 1.29 is 9.18 Å². The number of benzene rings is 1. The Kier molecular flexibility index (Phi) is 2.14. The first kappa shape index (κ1) is 9.38. The van der Waals surface area contributed by atoms with Crippen molar-refractivity contribution in [2.45, 2.75) is 18.4 Å². The molecule has 14 heavy (non-hydrogen) atoms. The lowest BCUT2D eigenvalue weighted by atomic mass is 10.1. The van der Waals surface area contributed by atoms with Crippen LogP contribution in [0, 0.1) is 5.82 Å². The molecule has 1 saturated carbocycles. The van der Waals surface area contributed by atoms with Crippen molar-refractivity contribution in [2.75, 3.05) is 0 Å². The van der Waals surface area contributed by atoms with Crippen LogP contribution in [0.2, 0.25) is 5.02 Å². The van der Waals surface area contributed by atoms with E-state index in [0.29, 0.717) is 10.6 Å². The zero-order chi connectivity index (χ0) is 10.2. The van der Waals surface area contributed by atoms with Crippen LogP contribution in [-0.4, -0.2) is 6.08 Å². The largest absolute Gasteiger partial charge is 0.235 e. The molecule has 0 atom stereocenters. The number of nitrogens with zero attached hydrogens (tertiary/aromatic N) is 1. The Morgan fingerprint density at radius 2 is 2.14 bits per heavy atom. The molecule has 1 aromatic rings. The molecule has 0 bridgehead atoms. The Morgan fingerprint density at radius 3 is 2.64 bits per heavy atom. The molecule has 2 rings (SSSR count). The number of hydrogen-bond acceptors (Lipinski definition) is 2. The lowest BCUT2D eigenvalue weighted by Crippen LogP contribution is -2.02. The minimum absolute atomic E-state index is 0.326. The van der Waals surface area contributed by atoms with Gasteiger partial charge in [-0.15, -0.1) is 0 Å². The van der Waals surface area contributed by atoms with Crippen molar-refractivity contribution in [3.63, 3.8) is 0 Å². The van der Waals surface area contributed by atoms with Crippen LogP contribution >= 0.6 is 11.6 Å². The predicted molar refractivity (Wildman–Crippen MR) is 50.4 cm³/mol. The number of aliphatic imine (C=N–C) groups is 1. The zero-order valence-corrected chi connectivity index (χ0v) is 8.01. The molecule has 2 nitrogen and oxygen atoms in total. The average molecular weight is 212 g/mol. The second-order valence-corrected chi connectivity index (χ2v) is 3.83. The maximum absolute atomic E-state index is 13.0. The Balaban J connectivity index is 2.46. The zero-order valence-electron chi connectivity index (χ0n) is 7.26. The van der Waals surface area contributed by atoms with E-state index in [-0.39, 0.29) is 0 Å². The second kappa shape index (κ2) is 3.19. The smallest absolute Gasteiger partial charge is 0.211 e. The molecule has 4 heteroatoms. The molecule has 1 fully saturated rings. The number of rotatable bonds is 2. The molecule has 1 aliphatic carbocycles. The Labute approximate surface area is 85.4 Å². The summed E-state index contributed by atoms with van der Waals surface area (Å²) in [6.07, 6.45) is 3.02. The Morgan fingerprint density at radius 1 is 1.43 bits per heavy atom. The quantitative estimate of drug-likeness (QED) is 0.546. The highest BCUT2D eigenvalue weighted by Crippen LogP contribution is 2.49. The van der Waals surface area contributed by atoms with Crippen LogP contribution < -0.4 is 0 Å². The third-order valence-electron chi connectivity index (χ3n) is 2.38. The van der Waals surface area contributed by atoms with Crippen LogP contribution in [-0.2, 0) is 10.3 Å². The van der Waals surface area contributed by atoms with Crippen LogP contribution in [0.5, 0.6) is 0 Å². The molecular formula is C10H7ClFNO. The molecule has 0 saturated heterocycles. The summed E-state index contributed by atoms with van der Waals surface area (Å²) in [6, 6.07) is 4.23. The van der Waals surface area contributed by atoms with Crippen LogP contribution in [0.3, 0.4) is 0 Å². The van der Waals surface area contributed by atoms with E-state index < -0.39 is 11.4 Å². The molecule has 0 amide bonds. The van der Waals surface area contributed by atoms with Gasteiger partial charge in [-0.25, -0.2) is 9.18 Å². The SMILES string of the molecule is O=C=NC1(c2cc(F)cc(Cl)c2)CC1. The van der Waals surface area contributed by atoms with Gasteiger partial charge in [0.1, 0.15) is 5.82 Å². The van der Waals surface area contributed by atoms with E-state index in [9.17, 15) is 9.18 Å². The Hall–Kier alpha value is -1.18. The lowest BCUT2D eigenvalue weighted by Gasteiger charge is -2.08. The van der Waals surface area contributed by atoms with E-state index in [0.717, 1.165) is 12.8 Å². The first-order chi connectivity index (χ1) is 6.66. The summed E-state index contributed by atoms with van der Waals surface area (Å²) in [5.74, 6) is -0.403. The van der Waals surface area contributed by atoms with E-state index in [4.69, 9.17) is 11.6 Å². The van der Waals surface area contributed by atoms with Gasteiger partial charge in [0.15, 0.2) is 0 Å². The molecule has 0 aromatic heterocycles. The van der Waals surface area contributed by atoms with Crippen LogP contribution in [0.25, 0.3) is 0 Å². The van der Waals surface area contributed by atoms with Crippen molar-refractivity contribution >= 4 is 17.7 Å². The highest BCUT2D eigenvalue weighted by Gasteiger charge is 2.45. The summed E-state index contributed by atoms with van der Waals surface area (Å²) >= 11 is 5.70. The van der Waals surface area contributed by atoms with Gasteiger partial charge in [0.2, 0.25) is 6.08 Å². The molecule has 0 aliphatic heterocycles. The number of carbonyl (C=O) groups excluding carboxylic acids is 1. The van der Waals surface area contributed by atoms with E-state index >= 15 is 0 Å². The van der Waals surface area contributed by atoms with Gasteiger partial charge in [-0.3, -0.25) is 0 Å². The minimum atomic E-state index is -0.548. The van der Waals surface area contributed by atoms with Gasteiger partial charge >= 0.3 is 0 Å². The van der Waals surface area contributed by atoms with Gasteiger partial charge in [0, 0.05) is 5.02 Å². The summed E-state index contributed by atoms with van der Waals surface area (Å²) in [5, 5.41) is 0.326. The monoisotopic (exact) mass is 211 g/mol. The summed E-state index contributed by atoms with van der Waals surface area (Å²) in [7, 11) is 0. The number of halogens is 2. The first-order valence-corrected chi connectivity index (χ1v) is 4.60. The standard InChI is InChI=1S/C10H7ClFNO/c11-8-3-7(4-9(12)5-8)10(1-2-10)13-6-14/h3-5H,1-2H2. The van der Waals surface area contributed by atoms with Crippen molar-refractivity contribution in [3.05, 3.63) is 34.6 Å². The summed E-state index contributed by atoms with van der Waals surface area (Å²) < 4.78 is 13.0. The molecule has 0 radical (unpaired) electrons. The molecule has 0 spiro atoms. The van der Waals surface area contributed by atoms with Gasteiger partial charge in [0.05, 0.1) is 5.54 Å². The van der Waals surface area contributed by atoms with Crippen molar-refractivity contribution in [3.8, 4) is 0 Å². The number of hydrogen-bond donors (Lipinski definition) is 0. The maximum Gasteiger partial charge on any atom is 0.235 e.